The van der Waals surface area contributed by atoms with Crippen LogP contribution in [0.2, 0.25) is 5.02 Å². The fraction of sp³-hybridized carbons (Fsp3) is 0.429. The minimum absolute atomic E-state index is 0.109. The van der Waals surface area contributed by atoms with Crippen molar-refractivity contribution in [3.8, 4) is 0 Å². The van der Waals surface area contributed by atoms with Crippen LogP contribution in [0.1, 0.15) is 18.4 Å². The summed E-state index contributed by atoms with van der Waals surface area (Å²) in [6.07, 6.45) is 0.648. The largest absolute Gasteiger partial charge is 0.481 e. The number of amides is 1. The van der Waals surface area contributed by atoms with E-state index in [2.05, 4.69) is 5.32 Å². The molecule has 0 unspecified atom stereocenters. The first-order valence-corrected chi connectivity index (χ1v) is 6.77. The van der Waals surface area contributed by atoms with Crippen LogP contribution in [0.15, 0.2) is 24.3 Å². The summed E-state index contributed by atoms with van der Waals surface area (Å²) in [5.41, 5.74) is 0.871. The van der Waals surface area contributed by atoms with Crippen molar-refractivity contribution in [3.05, 3.63) is 34.9 Å². The number of benzene rings is 1. The fourth-order valence-corrected chi connectivity index (χ4v) is 1.92. The Bertz CT molecular complexity index is 465. The van der Waals surface area contributed by atoms with E-state index in [-0.39, 0.29) is 18.9 Å². The van der Waals surface area contributed by atoms with Gasteiger partial charge in [-0.3, -0.25) is 14.5 Å². The number of hydrogen-bond donors (Lipinski definition) is 2. The van der Waals surface area contributed by atoms with Gasteiger partial charge in [0.1, 0.15) is 0 Å². The highest BCUT2D eigenvalue weighted by molar-refractivity contribution is 6.31. The topological polar surface area (TPSA) is 69.6 Å². The first-order chi connectivity index (χ1) is 9.49. The Kier molecular flexibility index (Phi) is 7.04. The molecule has 110 valence electrons. The Hall–Kier alpha value is -1.59. The number of halogens is 1. The first-order valence-electron chi connectivity index (χ1n) is 6.39. The van der Waals surface area contributed by atoms with Gasteiger partial charge in [-0.2, -0.15) is 0 Å². The summed E-state index contributed by atoms with van der Waals surface area (Å²) in [6, 6.07) is 7.34. The number of likely N-dealkylation sites (N-methyl/N-ethyl adjacent to an activating group) is 1. The molecule has 0 saturated carbocycles. The van der Waals surface area contributed by atoms with Crippen LogP contribution < -0.4 is 5.32 Å². The van der Waals surface area contributed by atoms with E-state index < -0.39 is 5.97 Å². The van der Waals surface area contributed by atoms with Crippen molar-refractivity contribution in [2.45, 2.75) is 19.4 Å². The molecular formula is C14H19ClN2O3. The summed E-state index contributed by atoms with van der Waals surface area (Å²) < 4.78 is 0. The zero-order valence-corrected chi connectivity index (χ0v) is 12.2. The quantitative estimate of drug-likeness (QED) is 0.767. The van der Waals surface area contributed by atoms with Gasteiger partial charge in [-0.1, -0.05) is 29.8 Å². The Balaban J connectivity index is 2.26. The van der Waals surface area contributed by atoms with E-state index in [9.17, 15) is 9.59 Å². The van der Waals surface area contributed by atoms with E-state index >= 15 is 0 Å². The number of hydrogen-bond acceptors (Lipinski definition) is 3. The molecule has 0 spiro atoms. The molecule has 1 aromatic rings. The lowest BCUT2D eigenvalue weighted by atomic mass is 10.2. The Morgan fingerprint density at radius 2 is 2.05 bits per heavy atom. The molecule has 2 N–H and O–H groups in total. The van der Waals surface area contributed by atoms with Gasteiger partial charge in [-0.25, -0.2) is 0 Å². The second kappa shape index (κ2) is 8.55. The van der Waals surface area contributed by atoms with E-state index in [0.717, 1.165) is 5.56 Å². The number of aliphatic carboxylic acids is 1. The van der Waals surface area contributed by atoms with Gasteiger partial charge in [0.25, 0.3) is 0 Å². The van der Waals surface area contributed by atoms with E-state index in [1.165, 1.54) is 0 Å². The summed E-state index contributed by atoms with van der Waals surface area (Å²) in [4.78, 5) is 23.9. The second-order valence-corrected chi connectivity index (χ2v) is 5.01. The van der Waals surface area contributed by atoms with Crippen LogP contribution in [0.3, 0.4) is 0 Å². The number of carbonyl (C=O) groups excluding carboxylic acids is 1. The predicted octanol–water partition coefficient (Wildman–Crippen LogP) is 1.75. The lowest BCUT2D eigenvalue weighted by molar-refractivity contribution is -0.137. The average molecular weight is 299 g/mol. The molecule has 1 aromatic carbocycles. The highest BCUT2D eigenvalue weighted by Gasteiger charge is 2.08. The maximum absolute atomic E-state index is 11.7. The molecule has 0 aliphatic rings. The molecule has 1 rings (SSSR count). The summed E-state index contributed by atoms with van der Waals surface area (Å²) in [7, 11) is 1.79. The van der Waals surface area contributed by atoms with Crippen LogP contribution in [0.5, 0.6) is 0 Å². The van der Waals surface area contributed by atoms with Crippen LogP contribution in [-0.2, 0) is 16.1 Å². The van der Waals surface area contributed by atoms with Gasteiger partial charge < -0.3 is 10.4 Å². The molecule has 20 heavy (non-hydrogen) atoms. The summed E-state index contributed by atoms with van der Waals surface area (Å²) in [5.74, 6) is -0.927. The van der Waals surface area contributed by atoms with E-state index in [1.54, 1.807) is 18.0 Å². The van der Waals surface area contributed by atoms with Crippen LogP contribution >= 0.6 is 11.6 Å². The number of carboxylic acid groups (broad SMARTS) is 1. The Labute approximate surface area is 123 Å². The van der Waals surface area contributed by atoms with Gasteiger partial charge in [0.15, 0.2) is 0 Å². The SMILES string of the molecule is CN(CCCC(=O)O)CC(=O)NCc1ccccc1Cl. The van der Waals surface area contributed by atoms with E-state index in [4.69, 9.17) is 16.7 Å². The van der Waals surface area contributed by atoms with Crippen molar-refractivity contribution in [1.82, 2.24) is 10.2 Å². The van der Waals surface area contributed by atoms with Gasteiger partial charge in [0.2, 0.25) is 5.91 Å². The third kappa shape index (κ3) is 6.54. The maximum atomic E-state index is 11.7. The van der Waals surface area contributed by atoms with Crippen LogP contribution in [-0.4, -0.2) is 42.0 Å². The van der Waals surface area contributed by atoms with Crippen molar-refractivity contribution in [2.75, 3.05) is 20.1 Å². The van der Waals surface area contributed by atoms with Crippen molar-refractivity contribution in [2.24, 2.45) is 0 Å². The molecule has 0 fully saturated rings. The van der Waals surface area contributed by atoms with Gasteiger partial charge >= 0.3 is 5.97 Å². The smallest absolute Gasteiger partial charge is 0.303 e. The molecule has 6 heteroatoms. The predicted molar refractivity (Wildman–Crippen MR) is 77.7 cm³/mol. The normalized spacial score (nSPS) is 10.6. The molecule has 1 amide bonds. The van der Waals surface area contributed by atoms with Crippen molar-refractivity contribution < 1.29 is 14.7 Å². The molecule has 0 atom stereocenters. The van der Waals surface area contributed by atoms with E-state index in [0.29, 0.717) is 24.5 Å². The summed E-state index contributed by atoms with van der Waals surface area (Å²) in [5, 5.41) is 12.0. The average Bonchev–Trinajstić information content (AvgIpc) is 2.37. The van der Waals surface area contributed by atoms with Crippen molar-refractivity contribution in [1.29, 1.82) is 0 Å². The number of carboxylic acids is 1. The highest BCUT2D eigenvalue weighted by Crippen LogP contribution is 2.14. The van der Waals surface area contributed by atoms with Gasteiger partial charge in [0.05, 0.1) is 6.54 Å². The standard InChI is InChI=1S/C14H19ClN2O3/c1-17(8-4-7-14(19)20)10-13(18)16-9-11-5-2-3-6-12(11)15/h2-3,5-6H,4,7-10H2,1H3,(H,16,18)(H,19,20). The zero-order chi connectivity index (χ0) is 15.0. The molecule has 0 aliphatic heterocycles. The third-order valence-corrected chi connectivity index (χ3v) is 3.15. The number of nitrogens with one attached hydrogen (secondary N) is 1. The molecule has 0 bridgehead atoms. The van der Waals surface area contributed by atoms with Crippen LogP contribution in [0.25, 0.3) is 0 Å². The number of carbonyl (C=O) groups is 2. The molecule has 0 aliphatic carbocycles. The third-order valence-electron chi connectivity index (χ3n) is 2.78. The molecule has 0 heterocycles. The van der Waals surface area contributed by atoms with Gasteiger partial charge in [-0.15, -0.1) is 0 Å². The molecule has 5 nitrogen and oxygen atoms in total. The van der Waals surface area contributed by atoms with Crippen molar-refractivity contribution >= 4 is 23.5 Å². The fourth-order valence-electron chi connectivity index (χ4n) is 1.72. The summed E-state index contributed by atoms with van der Waals surface area (Å²) in [6.45, 7) is 1.21. The number of nitrogens with zero attached hydrogens (tertiary/aromatic N) is 1. The highest BCUT2D eigenvalue weighted by atomic mass is 35.5. The lowest BCUT2D eigenvalue weighted by Gasteiger charge is -2.15. The van der Waals surface area contributed by atoms with Crippen LogP contribution in [0, 0.1) is 0 Å². The van der Waals surface area contributed by atoms with Gasteiger partial charge in [-0.05, 0) is 31.6 Å². The first kappa shape index (κ1) is 16.5. The van der Waals surface area contributed by atoms with E-state index in [1.807, 2.05) is 18.2 Å². The lowest BCUT2D eigenvalue weighted by Crippen LogP contribution is -2.35. The van der Waals surface area contributed by atoms with Gasteiger partial charge in [0, 0.05) is 18.0 Å². The molecule has 0 aromatic heterocycles. The molecular weight excluding hydrogens is 280 g/mol. The Morgan fingerprint density at radius 3 is 2.70 bits per heavy atom. The Morgan fingerprint density at radius 1 is 1.35 bits per heavy atom. The monoisotopic (exact) mass is 298 g/mol. The minimum atomic E-state index is -0.818. The zero-order valence-electron chi connectivity index (χ0n) is 11.4. The van der Waals surface area contributed by atoms with Crippen molar-refractivity contribution in [3.63, 3.8) is 0 Å². The molecule has 0 radical (unpaired) electrons. The second-order valence-electron chi connectivity index (χ2n) is 4.60. The number of rotatable bonds is 8. The van der Waals surface area contributed by atoms with Crippen LogP contribution in [0.4, 0.5) is 0 Å². The minimum Gasteiger partial charge on any atom is -0.481 e. The summed E-state index contributed by atoms with van der Waals surface area (Å²) >= 11 is 5.99. The molecule has 0 saturated heterocycles. The maximum Gasteiger partial charge on any atom is 0.303 e.